The van der Waals surface area contributed by atoms with Gasteiger partial charge >= 0.3 is 12.7 Å². The number of hydrogen-bond acceptors (Lipinski definition) is 2. The topological polar surface area (TPSA) is 18.5 Å². The van der Waals surface area contributed by atoms with Gasteiger partial charge in [-0.3, -0.25) is 0 Å². The highest BCUT2D eigenvalue weighted by molar-refractivity contribution is 5.51. The number of rotatable bonds is 2. The lowest BCUT2D eigenvalue weighted by Crippen LogP contribution is -2.20. The van der Waals surface area contributed by atoms with Crippen molar-refractivity contribution in [3.05, 3.63) is 22.8 Å². The molecule has 0 aliphatic rings. The first kappa shape index (κ1) is 15.5. The minimum Gasteiger partial charge on any atom is -0.405 e. The Labute approximate surface area is 104 Å². The molecule has 0 aliphatic heterocycles. The number of alkyl halides is 6. The molecule has 0 fully saturated rings. The number of hydrogen-bond donors (Lipinski definition) is 0. The van der Waals surface area contributed by atoms with E-state index in [2.05, 4.69) is 9.47 Å². The second-order valence-electron chi connectivity index (χ2n) is 3.84. The number of halogens is 6. The van der Waals surface area contributed by atoms with E-state index < -0.39 is 24.2 Å². The monoisotopic (exact) mass is 288 g/mol. The summed E-state index contributed by atoms with van der Waals surface area (Å²) in [4.78, 5) is 0. The van der Waals surface area contributed by atoms with Crippen molar-refractivity contribution in [2.75, 3.05) is 0 Å². The smallest absolute Gasteiger partial charge is 0.405 e. The molecule has 0 radical (unpaired) electrons. The van der Waals surface area contributed by atoms with Crippen LogP contribution in [0.2, 0.25) is 0 Å². The lowest BCUT2D eigenvalue weighted by atomic mass is 10.0. The van der Waals surface area contributed by atoms with Crippen molar-refractivity contribution < 1.29 is 35.8 Å². The highest BCUT2D eigenvalue weighted by atomic mass is 19.4. The first-order valence-corrected chi connectivity index (χ1v) is 5.03. The minimum atomic E-state index is -4.98. The van der Waals surface area contributed by atoms with Crippen LogP contribution >= 0.6 is 0 Å². The molecule has 108 valence electrons. The van der Waals surface area contributed by atoms with Crippen molar-refractivity contribution in [2.45, 2.75) is 33.5 Å². The second-order valence-corrected chi connectivity index (χ2v) is 3.84. The third kappa shape index (κ3) is 4.22. The summed E-state index contributed by atoms with van der Waals surface area (Å²) in [6.07, 6.45) is -9.97. The molecule has 0 heterocycles. The van der Waals surface area contributed by atoms with Crippen LogP contribution in [0.15, 0.2) is 6.07 Å². The standard InChI is InChI=1S/C11H10F6O2/c1-5-6(2)8(18-10(12,13)14)4-9(7(5)3)19-11(15,16)17/h4H,1-3H3. The molecule has 2 nitrogen and oxygen atoms in total. The van der Waals surface area contributed by atoms with E-state index in [9.17, 15) is 26.3 Å². The molecule has 0 spiro atoms. The molecule has 1 aromatic rings. The highest BCUT2D eigenvalue weighted by Crippen LogP contribution is 2.37. The molecule has 0 N–H and O–H groups in total. The zero-order valence-electron chi connectivity index (χ0n) is 10.2. The first-order valence-electron chi connectivity index (χ1n) is 5.03. The van der Waals surface area contributed by atoms with Crippen molar-refractivity contribution in [3.8, 4) is 11.5 Å². The van der Waals surface area contributed by atoms with Gasteiger partial charge in [0, 0.05) is 6.07 Å². The molecule has 0 saturated heterocycles. The van der Waals surface area contributed by atoms with Crippen LogP contribution in [0.5, 0.6) is 11.5 Å². The van der Waals surface area contributed by atoms with E-state index in [1.54, 1.807) is 0 Å². The lowest BCUT2D eigenvalue weighted by molar-refractivity contribution is -0.276. The Morgan fingerprint density at radius 1 is 0.684 bits per heavy atom. The second kappa shape index (κ2) is 4.82. The average molecular weight is 288 g/mol. The Balaban J connectivity index is 3.27. The van der Waals surface area contributed by atoms with Crippen molar-refractivity contribution in [1.82, 2.24) is 0 Å². The molecule has 0 saturated carbocycles. The van der Waals surface area contributed by atoms with Gasteiger partial charge in [0.05, 0.1) is 0 Å². The maximum atomic E-state index is 12.1. The van der Waals surface area contributed by atoms with Gasteiger partial charge in [0.25, 0.3) is 0 Å². The molecule has 0 amide bonds. The fourth-order valence-corrected chi connectivity index (χ4v) is 1.45. The number of benzene rings is 1. The summed E-state index contributed by atoms with van der Waals surface area (Å²) in [5.74, 6) is -1.43. The molecule has 0 aliphatic carbocycles. The van der Waals surface area contributed by atoms with Crippen LogP contribution in [0.4, 0.5) is 26.3 Å². The Kier molecular flexibility index (Phi) is 3.92. The molecule has 0 aromatic heterocycles. The van der Waals surface area contributed by atoms with Crippen LogP contribution in [0.25, 0.3) is 0 Å². The number of ether oxygens (including phenoxy) is 2. The van der Waals surface area contributed by atoms with Crippen LogP contribution in [0, 0.1) is 20.8 Å². The van der Waals surface area contributed by atoms with Gasteiger partial charge in [0.15, 0.2) is 0 Å². The molecular weight excluding hydrogens is 278 g/mol. The molecule has 1 rings (SSSR count). The summed E-state index contributed by atoms with van der Waals surface area (Å²) >= 11 is 0. The van der Waals surface area contributed by atoms with Crippen LogP contribution in [0.1, 0.15) is 16.7 Å². The summed E-state index contributed by atoms with van der Waals surface area (Å²) < 4.78 is 80.2. The largest absolute Gasteiger partial charge is 0.573 e. The van der Waals surface area contributed by atoms with Crippen molar-refractivity contribution in [1.29, 1.82) is 0 Å². The van der Waals surface area contributed by atoms with E-state index in [1.165, 1.54) is 20.8 Å². The van der Waals surface area contributed by atoms with E-state index in [0.717, 1.165) is 0 Å². The molecule has 0 atom stereocenters. The van der Waals surface area contributed by atoms with Crippen molar-refractivity contribution >= 4 is 0 Å². The quantitative estimate of drug-likeness (QED) is 0.750. The predicted molar refractivity (Wildman–Crippen MR) is 54.0 cm³/mol. The average Bonchev–Trinajstić information content (AvgIpc) is 2.18. The van der Waals surface area contributed by atoms with Gasteiger partial charge in [0.2, 0.25) is 0 Å². The molecule has 0 bridgehead atoms. The summed E-state index contributed by atoms with van der Waals surface area (Å²) in [7, 11) is 0. The van der Waals surface area contributed by atoms with Crippen LogP contribution in [0.3, 0.4) is 0 Å². The van der Waals surface area contributed by atoms with Gasteiger partial charge in [-0.05, 0) is 37.5 Å². The Morgan fingerprint density at radius 3 is 1.26 bits per heavy atom. The van der Waals surface area contributed by atoms with Gasteiger partial charge in [-0.15, -0.1) is 26.3 Å². The fourth-order valence-electron chi connectivity index (χ4n) is 1.45. The maximum absolute atomic E-state index is 12.1. The van der Waals surface area contributed by atoms with E-state index >= 15 is 0 Å². The minimum absolute atomic E-state index is 0.101. The van der Waals surface area contributed by atoms with Crippen LogP contribution in [-0.2, 0) is 0 Å². The summed E-state index contributed by atoms with van der Waals surface area (Å²) in [6, 6.07) is 0.582. The fraction of sp³-hybridized carbons (Fsp3) is 0.455. The van der Waals surface area contributed by atoms with Gasteiger partial charge in [-0.2, -0.15) is 0 Å². The normalized spacial score (nSPS) is 12.5. The third-order valence-electron chi connectivity index (χ3n) is 2.58. The van der Waals surface area contributed by atoms with Crippen LogP contribution in [-0.4, -0.2) is 12.7 Å². The van der Waals surface area contributed by atoms with Crippen molar-refractivity contribution in [3.63, 3.8) is 0 Å². The summed E-state index contributed by atoms with van der Waals surface area (Å²) in [5.41, 5.74) is 0.440. The highest BCUT2D eigenvalue weighted by Gasteiger charge is 2.35. The lowest BCUT2D eigenvalue weighted by Gasteiger charge is -2.18. The van der Waals surface area contributed by atoms with E-state index in [1.807, 2.05) is 0 Å². The third-order valence-corrected chi connectivity index (χ3v) is 2.58. The van der Waals surface area contributed by atoms with Gasteiger partial charge < -0.3 is 9.47 Å². The molecule has 1 aromatic carbocycles. The van der Waals surface area contributed by atoms with Gasteiger partial charge in [-0.25, -0.2) is 0 Å². The molecule has 8 heteroatoms. The molecule has 0 unspecified atom stereocenters. The van der Waals surface area contributed by atoms with Gasteiger partial charge in [-0.1, -0.05) is 0 Å². The van der Waals surface area contributed by atoms with Crippen LogP contribution < -0.4 is 9.47 Å². The Hall–Kier alpha value is -1.60. The maximum Gasteiger partial charge on any atom is 0.573 e. The van der Waals surface area contributed by atoms with Crippen molar-refractivity contribution in [2.24, 2.45) is 0 Å². The Morgan fingerprint density at radius 2 is 1.00 bits per heavy atom. The zero-order valence-corrected chi connectivity index (χ0v) is 10.2. The Bertz CT molecular complexity index is 435. The summed E-state index contributed by atoms with van der Waals surface area (Å²) in [6.45, 7) is 4.03. The first-order chi connectivity index (χ1) is 8.41. The SMILES string of the molecule is Cc1c(OC(F)(F)F)cc(OC(F)(F)F)c(C)c1C. The van der Waals surface area contributed by atoms with E-state index in [0.29, 0.717) is 6.07 Å². The summed E-state index contributed by atoms with van der Waals surface area (Å²) in [5, 5.41) is 0. The molecule has 19 heavy (non-hydrogen) atoms. The van der Waals surface area contributed by atoms with Gasteiger partial charge in [0.1, 0.15) is 11.5 Å². The van der Waals surface area contributed by atoms with E-state index in [-0.39, 0.29) is 16.7 Å². The molecular formula is C11H10F6O2. The van der Waals surface area contributed by atoms with E-state index in [4.69, 9.17) is 0 Å². The predicted octanol–water partition coefficient (Wildman–Crippen LogP) is 4.41. The zero-order chi connectivity index (χ0) is 15.0.